The predicted molar refractivity (Wildman–Crippen MR) is 59.3 cm³/mol. The van der Waals surface area contributed by atoms with Gasteiger partial charge in [-0.25, -0.2) is 0 Å². The van der Waals surface area contributed by atoms with Crippen LogP contribution in [0.1, 0.15) is 26.3 Å². The van der Waals surface area contributed by atoms with Gasteiger partial charge in [-0.1, -0.05) is 18.2 Å². The number of hydrogen-bond acceptors (Lipinski definition) is 1. The van der Waals surface area contributed by atoms with Crippen molar-refractivity contribution in [1.82, 2.24) is 0 Å². The highest BCUT2D eigenvalue weighted by Gasteiger charge is 2.36. The second-order valence-electron chi connectivity index (χ2n) is 4.08. The van der Waals surface area contributed by atoms with Crippen LogP contribution in [0.4, 0.5) is 11.7 Å². The number of hydrogen-bond donors (Lipinski definition) is 0. The third kappa shape index (κ3) is 2.40. The first kappa shape index (κ1) is 13.1. The second-order valence-corrected chi connectivity index (χ2v) is 5.34. The summed E-state index contributed by atoms with van der Waals surface area (Å²) in [6.07, 6.45) is 0. The zero-order valence-corrected chi connectivity index (χ0v) is 10.1. The number of carbonyl (C=O) groups is 1. The molecule has 1 rings (SSSR count). The molecule has 5 heteroatoms. The Kier molecular flexibility index (Phi) is 3.38. The lowest BCUT2D eigenvalue weighted by atomic mass is 9.81. The van der Waals surface area contributed by atoms with Crippen molar-refractivity contribution in [1.29, 1.82) is 0 Å². The maximum Gasteiger partial charge on any atom is 0.237 e. The van der Waals surface area contributed by atoms with Crippen LogP contribution in [0.5, 0.6) is 0 Å². The maximum absolute atomic E-state index is 12.8. The fourth-order valence-electron chi connectivity index (χ4n) is 1.37. The number of benzene rings is 1. The summed E-state index contributed by atoms with van der Waals surface area (Å²) < 4.78 is 38.4. The van der Waals surface area contributed by atoms with Gasteiger partial charge in [0.1, 0.15) is 5.78 Å². The molecule has 0 heterocycles. The third-order valence-corrected chi connectivity index (χ3v) is 3.54. The van der Waals surface area contributed by atoms with Crippen molar-refractivity contribution in [3.8, 4) is 0 Å². The van der Waals surface area contributed by atoms with Crippen molar-refractivity contribution < 1.29 is 16.5 Å². The summed E-state index contributed by atoms with van der Waals surface area (Å²) in [4.78, 5) is 10.7. The van der Waals surface area contributed by atoms with Crippen LogP contribution in [-0.4, -0.2) is 5.78 Å². The molecule has 16 heavy (non-hydrogen) atoms. The van der Waals surface area contributed by atoms with E-state index in [2.05, 4.69) is 0 Å². The van der Waals surface area contributed by atoms with E-state index >= 15 is 0 Å². The summed E-state index contributed by atoms with van der Waals surface area (Å²) in [6, 6.07) is 5.27. The monoisotopic (exact) mass is 250 g/mol. The van der Waals surface area contributed by atoms with Crippen LogP contribution in [0.25, 0.3) is 0 Å². The zero-order chi connectivity index (χ0) is 12.6. The first-order valence-electron chi connectivity index (χ1n) is 4.70. The molecule has 0 fully saturated rings. The molecule has 0 bridgehead atoms. The summed E-state index contributed by atoms with van der Waals surface area (Å²) in [6.45, 7) is 4.33. The van der Waals surface area contributed by atoms with Crippen LogP contribution >= 0.6 is 11.2 Å². The molecule has 0 aliphatic carbocycles. The van der Waals surface area contributed by atoms with E-state index in [-0.39, 0.29) is 11.3 Å². The Balaban J connectivity index is 3.41. The van der Waals surface area contributed by atoms with Crippen molar-refractivity contribution in [3.05, 3.63) is 29.8 Å². The lowest BCUT2D eigenvalue weighted by Gasteiger charge is -2.26. The Morgan fingerprint density at radius 2 is 1.69 bits per heavy atom. The number of halogens is 3. The van der Waals surface area contributed by atoms with Gasteiger partial charge in [0, 0.05) is 5.41 Å². The zero-order valence-electron chi connectivity index (χ0n) is 9.26. The topological polar surface area (TPSA) is 17.1 Å². The number of rotatable bonds is 3. The summed E-state index contributed by atoms with van der Waals surface area (Å²) >= 11 is -5.30. The minimum atomic E-state index is -5.30. The van der Waals surface area contributed by atoms with Gasteiger partial charge in [0.25, 0.3) is 0 Å². The van der Waals surface area contributed by atoms with Gasteiger partial charge in [-0.15, -0.1) is 11.7 Å². The Morgan fingerprint density at radius 3 is 2.12 bits per heavy atom. The highest BCUT2D eigenvalue weighted by molar-refractivity contribution is 8.21. The summed E-state index contributed by atoms with van der Waals surface area (Å²) in [5.74, 6) is -0.274. The van der Waals surface area contributed by atoms with E-state index < -0.39 is 21.5 Å². The van der Waals surface area contributed by atoms with Gasteiger partial charge < -0.3 is 0 Å². The van der Waals surface area contributed by atoms with Crippen LogP contribution in [-0.2, 0) is 10.2 Å². The van der Waals surface area contributed by atoms with Crippen LogP contribution in [0, 0.1) is 0 Å². The van der Waals surface area contributed by atoms with Crippen molar-refractivity contribution in [2.24, 2.45) is 0 Å². The van der Waals surface area contributed by atoms with Gasteiger partial charge in [0.2, 0.25) is 11.2 Å². The number of Topliss-reactive ketones (excluding diaryl/α,β-unsaturated/α-hetero) is 1. The van der Waals surface area contributed by atoms with Crippen LogP contribution in [0.3, 0.4) is 0 Å². The van der Waals surface area contributed by atoms with E-state index in [4.69, 9.17) is 0 Å². The normalized spacial score (nSPS) is 13.6. The number of carbonyl (C=O) groups excluding carboxylic acids is 1. The van der Waals surface area contributed by atoms with Gasteiger partial charge in [0.15, 0.2) is 0 Å². The van der Waals surface area contributed by atoms with E-state index in [1.165, 1.54) is 39.0 Å². The molecular weight excluding hydrogens is 237 g/mol. The second kappa shape index (κ2) is 4.13. The minimum Gasteiger partial charge on any atom is -0.299 e. The lowest BCUT2D eigenvalue weighted by Crippen LogP contribution is -2.27. The Hall–Kier alpha value is -0.970. The maximum atomic E-state index is 12.8. The number of ketones is 1. The largest absolute Gasteiger partial charge is 0.299 e. The molecule has 0 radical (unpaired) electrons. The molecule has 0 atom stereocenters. The summed E-state index contributed by atoms with van der Waals surface area (Å²) in [5, 5.41) is 0. The van der Waals surface area contributed by atoms with Gasteiger partial charge in [-0.2, -0.15) is 0 Å². The molecule has 1 aromatic rings. The summed E-state index contributed by atoms with van der Waals surface area (Å²) in [7, 11) is 0. The van der Waals surface area contributed by atoms with Crippen molar-refractivity contribution in [3.63, 3.8) is 0 Å². The van der Waals surface area contributed by atoms with Crippen LogP contribution in [0.15, 0.2) is 29.2 Å². The Bertz CT molecular complexity index is 410. The van der Waals surface area contributed by atoms with E-state index in [9.17, 15) is 16.5 Å². The third-order valence-electron chi connectivity index (χ3n) is 2.69. The van der Waals surface area contributed by atoms with E-state index in [0.29, 0.717) is 0 Å². The van der Waals surface area contributed by atoms with E-state index in [0.717, 1.165) is 6.07 Å². The van der Waals surface area contributed by atoms with Gasteiger partial charge >= 0.3 is 0 Å². The Labute approximate surface area is 94.9 Å². The fourth-order valence-corrected chi connectivity index (χ4v) is 2.18. The van der Waals surface area contributed by atoms with Crippen LogP contribution < -0.4 is 0 Å². The molecular formula is C11H13F3OS. The van der Waals surface area contributed by atoms with Crippen molar-refractivity contribution in [2.75, 3.05) is 0 Å². The van der Waals surface area contributed by atoms with Gasteiger partial charge in [-0.3, -0.25) is 4.79 Å². The highest BCUT2D eigenvalue weighted by atomic mass is 32.3. The average Bonchev–Trinajstić information content (AvgIpc) is 2.16. The molecule has 0 spiro atoms. The molecule has 90 valence electrons. The first-order valence-corrected chi connectivity index (χ1v) is 6.03. The smallest absolute Gasteiger partial charge is 0.237 e. The van der Waals surface area contributed by atoms with Gasteiger partial charge in [-0.05, 0) is 32.4 Å². The molecule has 1 aromatic carbocycles. The molecule has 0 unspecified atom stereocenters. The molecule has 0 aromatic heterocycles. The lowest BCUT2D eigenvalue weighted by molar-refractivity contribution is -0.121. The first-order chi connectivity index (χ1) is 7.17. The SMILES string of the molecule is CC(=O)C(C)(C)c1ccccc1S(F)(F)F. The summed E-state index contributed by atoms with van der Waals surface area (Å²) in [5.41, 5.74) is -1.04. The Morgan fingerprint density at radius 1 is 1.19 bits per heavy atom. The molecule has 0 N–H and O–H groups in total. The van der Waals surface area contributed by atoms with E-state index in [1.54, 1.807) is 0 Å². The minimum absolute atomic E-state index is 0.0602. The standard InChI is InChI=1S/C11H13F3OS/c1-8(15)11(2,3)9-6-4-5-7-10(9)16(12,13)14/h4-7H,1-3H3. The highest BCUT2D eigenvalue weighted by Crippen LogP contribution is 2.62. The van der Waals surface area contributed by atoms with E-state index in [1.807, 2.05) is 0 Å². The van der Waals surface area contributed by atoms with Crippen molar-refractivity contribution in [2.45, 2.75) is 31.1 Å². The molecule has 0 saturated heterocycles. The average molecular weight is 250 g/mol. The molecule has 0 amide bonds. The fraction of sp³-hybridized carbons (Fsp3) is 0.364. The molecule has 0 aliphatic heterocycles. The molecule has 0 aliphatic rings. The van der Waals surface area contributed by atoms with Crippen molar-refractivity contribution >= 4 is 17.0 Å². The van der Waals surface area contributed by atoms with Crippen LogP contribution in [0.2, 0.25) is 0 Å². The molecule has 0 saturated carbocycles. The van der Waals surface area contributed by atoms with Gasteiger partial charge in [0.05, 0.1) is 4.90 Å². The predicted octanol–water partition coefficient (Wildman–Crippen LogP) is 4.37. The molecule has 1 nitrogen and oxygen atoms in total. The quantitative estimate of drug-likeness (QED) is 0.778.